The van der Waals surface area contributed by atoms with Gasteiger partial charge in [-0.15, -0.1) is 13.2 Å². The number of hydrazone groups is 1. The Morgan fingerprint density at radius 3 is 2.51 bits per heavy atom. The first-order valence-electron chi connectivity index (χ1n) is 10.4. The molecule has 1 aliphatic heterocycles. The summed E-state index contributed by atoms with van der Waals surface area (Å²) >= 11 is 0. The van der Waals surface area contributed by atoms with E-state index in [9.17, 15) is 22.8 Å². The Labute approximate surface area is 197 Å². The Balaban J connectivity index is 1.50. The summed E-state index contributed by atoms with van der Waals surface area (Å²) in [6, 6.07) is 11.7. The summed E-state index contributed by atoms with van der Waals surface area (Å²) in [4.78, 5) is 25.0. The summed E-state index contributed by atoms with van der Waals surface area (Å²) in [5, 5.41) is 11.7. The number of amides is 2. The fraction of sp³-hybridized carbons (Fsp3) is 0.217. The van der Waals surface area contributed by atoms with Crippen LogP contribution in [0, 0.1) is 0 Å². The van der Waals surface area contributed by atoms with E-state index < -0.39 is 23.9 Å². The Morgan fingerprint density at radius 1 is 1.09 bits per heavy atom. The van der Waals surface area contributed by atoms with Crippen LogP contribution in [0.3, 0.4) is 0 Å². The monoisotopic (exact) mass is 488 g/mol. The first-order chi connectivity index (χ1) is 16.7. The van der Waals surface area contributed by atoms with E-state index >= 15 is 0 Å². The maximum atomic E-state index is 13.0. The quantitative estimate of drug-likeness (QED) is 0.549. The second-order valence-electron chi connectivity index (χ2n) is 7.40. The van der Waals surface area contributed by atoms with Gasteiger partial charge >= 0.3 is 6.36 Å². The smallest absolute Gasteiger partial charge is 0.493 e. The molecule has 0 radical (unpaired) electrons. The average molecular weight is 488 g/mol. The van der Waals surface area contributed by atoms with Gasteiger partial charge in [-0.05, 0) is 55.3 Å². The second-order valence-corrected chi connectivity index (χ2v) is 7.40. The second kappa shape index (κ2) is 9.87. The number of carbonyl (C=O) groups is 2. The molecule has 0 unspecified atom stereocenters. The predicted octanol–water partition coefficient (Wildman–Crippen LogP) is 4.47. The molecule has 4 rings (SSSR count). The topological polar surface area (TPSA) is 106 Å². The zero-order chi connectivity index (χ0) is 25.0. The number of alkyl halides is 3. The van der Waals surface area contributed by atoms with Crippen LogP contribution in [0.5, 0.6) is 11.5 Å². The third-order valence-electron chi connectivity index (χ3n) is 5.03. The van der Waals surface area contributed by atoms with Crippen LogP contribution in [0.4, 0.5) is 18.9 Å². The Morgan fingerprint density at radius 2 is 1.86 bits per heavy atom. The Bertz CT molecular complexity index is 1240. The highest BCUT2D eigenvalue weighted by Gasteiger charge is 2.33. The van der Waals surface area contributed by atoms with Gasteiger partial charge in [0, 0.05) is 29.4 Å². The van der Waals surface area contributed by atoms with Crippen molar-refractivity contribution in [3.05, 3.63) is 71.6 Å². The maximum absolute atomic E-state index is 13.0. The molecule has 1 aromatic heterocycles. The molecule has 3 aromatic rings. The van der Waals surface area contributed by atoms with Gasteiger partial charge in [-0.3, -0.25) is 9.59 Å². The minimum absolute atomic E-state index is 0.0441. The fourth-order valence-electron chi connectivity index (χ4n) is 3.42. The van der Waals surface area contributed by atoms with Crippen LogP contribution in [0.1, 0.15) is 39.3 Å². The molecule has 2 aromatic carbocycles. The van der Waals surface area contributed by atoms with E-state index in [1.165, 1.54) is 48.6 Å². The zero-order valence-electron chi connectivity index (χ0n) is 18.3. The minimum atomic E-state index is -4.89. The van der Waals surface area contributed by atoms with Gasteiger partial charge in [-0.1, -0.05) is 5.16 Å². The lowest BCUT2D eigenvalue weighted by Crippen LogP contribution is -2.32. The van der Waals surface area contributed by atoms with Crippen LogP contribution in [-0.4, -0.2) is 47.7 Å². The van der Waals surface area contributed by atoms with Gasteiger partial charge < -0.3 is 19.3 Å². The molecule has 0 fully saturated rings. The highest BCUT2D eigenvalue weighted by atomic mass is 19.4. The van der Waals surface area contributed by atoms with Crippen LogP contribution >= 0.6 is 0 Å². The number of carbonyl (C=O) groups excluding carboxylic acids is 2. The number of anilines is 1. The van der Waals surface area contributed by atoms with Crippen molar-refractivity contribution < 1.29 is 36.8 Å². The minimum Gasteiger partial charge on any atom is -0.493 e. The summed E-state index contributed by atoms with van der Waals surface area (Å²) in [5.74, 6) is -1.41. The highest BCUT2D eigenvalue weighted by Crippen LogP contribution is 2.34. The number of nitrogens with zero attached hydrogens (tertiary/aromatic N) is 3. The van der Waals surface area contributed by atoms with E-state index in [1.807, 2.05) is 0 Å². The van der Waals surface area contributed by atoms with Crippen LogP contribution in [-0.2, 0) is 0 Å². The van der Waals surface area contributed by atoms with Crippen LogP contribution < -0.4 is 14.8 Å². The Hall–Kier alpha value is -4.35. The summed E-state index contributed by atoms with van der Waals surface area (Å²) in [5.41, 5.74) is 1.59. The van der Waals surface area contributed by atoms with E-state index in [4.69, 9.17) is 9.26 Å². The van der Waals surface area contributed by atoms with E-state index in [0.717, 1.165) is 0 Å². The van der Waals surface area contributed by atoms with Crippen LogP contribution in [0.2, 0.25) is 0 Å². The van der Waals surface area contributed by atoms with Crippen LogP contribution in [0.15, 0.2) is 64.4 Å². The molecule has 0 saturated carbocycles. The molecule has 0 spiro atoms. The van der Waals surface area contributed by atoms with Gasteiger partial charge in [0.15, 0.2) is 11.5 Å². The molecular weight excluding hydrogens is 469 g/mol. The molecule has 2 amide bonds. The molecular formula is C23H19F3N4O5. The van der Waals surface area contributed by atoms with Crippen LogP contribution in [0.25, 0.3) is 0 Å². The van der Waals surface area contributed by atoms with E-state index in [0.29, 0.717) is 41.9 Å². The number of hydrogen-bond acceptors (Lipinski definition) is 7. The lowest BCUT2D eigenvalue weighted by molar-refractivity contribution is -0.275. The number of benzene rings is 2. The van der Waals surface area contributed by atoms with Crippen molar-refractivity contribution in [3.8, 4) is 11.5 Å². The van der Waals surface area contributed by atoms with Gasteiger partial charge in [-0.2, -0.15) is 5.10 Å². The molecule has 1 N–H and O–H groups in total. The number of ether oxygens (including phenoxy) is 2. The lowest BCUT2D eigenvalue weighted by Gasteiger charge is -2.24. The molecule has 0 saturated heterocycles. The number of nitrogens with one attached hydrogen (secondary N) is 1. The summed E-state index contributed by atoms with van der Waals surface area (Å²) in [6.45, 7) is 0.342. The first-order valence-corrected chi connectivity index (χ1v) is 10.4. The van der Waals surface area contributed by atoms with Crippen molar-refractivity contribution in [2.75, 3.05) is 19.0 Å². The van der Waals surface area contributed by atoms with Gasteiger partial charge in [0.2, 0.25) is 5.76 Å². The van der Waals surface area contributed by atoms with Gasteiger partial charge in [0.25, 0.3) is 11.8 Å². The van der Waals surface area contributed by atoms with E-state index in [1.54, 1.807) is 18.2 Å². The predicted molar refractivity (Wildman–Crippen MR) is 117 cm³/mol. The number of rotatable bonds is 6. The molecule has 1 aliphatic rings. The van der Waals surface area contributed by atoms with E-state index in [-0.39, 0.29) is 11.5 Å². The normalized spacial score (nSPS) is 13.7. The van der Waals surface area contributed by atoms with Crippen molar-refractivity contribution in [1.82, 2.24) is 10.2 Å². The average Bonchev–Trinajstić information content (AvgIpc) is 3.38. The summed E-state index contributed by atoms with van der Waals surface area (Å²) in [7, 11) is 1.24. The molecule has 9 nitrogen and oxygen atoms in total. The lowest BCUT2D eigenvalue weighted by atomic mass is 10.0. The number of halogens is 3. The molecule has 182 valence electrons. The summed E-state index contributed by atoms with van der Waals surface area (Å²) in [6.07, 6.45) is -2.51. The van der Waals surface area contributed by atoms with Crippen molar-refractivity contribution in [3.63, 3.8) is 0 Å². The zero-order valence-corrected chi connectivity index (χ0v) is 18.3. The van der Waals surface area contributed by atoms with Crippen molar-refractivity contribution >= 4 is 23.2 Å². The number of hydrogen-bond donors (Lipinski definition) is 1. The number of methoxy groups -OCH3 is 1. The molecule has 2 heterocycles. The molecule has 0 atom stereocenters. The van der Waals surface area contributed by atoms with Gasteiger partial charge in [0.1, 0.15) is 0 Å². The van der Waals surface area contributed by atoms with Gasteiger partial charge in [0.05, 0.1) is 19.0 Å². The maximum Gasteiger partial charge on any atom is 0.573 e. The third-order valence-corrected chi connectivity index (χ3v) is 5.03. The highest BCUT2D eigenvalue weighted by molar-refractivity contribution is 6.04. The van der Waals surface area contributed by atoms with E-state index in [2.05, 4.69) is 20.3 Å². The Kier molecular flexibility index (Phi) is 6.71. The SMILES string of the molecule is COc1ccc(C2=NN(C(=O)c3ccc(NC(=O)c4ccno4)cc3)CCC2)cc1OC(F)(F)F. The number of aromatic nitrogens is 1. The van der Waals surface area contributed by atoms with Gasteiger partial charge in [-0.25, -0.2) is 5.01 Å². The first kappa shape index (κ1) is 23.8. The largest absolute Gasteiger partial charge is 0.573 e. The third kappa shape index (κ3) is 5.78. The van der Waals surface area contributed by atoms with Crippen molar-refractivity contribution in [1.29, 1.82) is 0 Å². The molecule has 0 aliphatic carbocycles. The molecule has 12 heteroatoms. The fourth-order valence-corrected chi connectivity index (χ4v) is 3.42. The standard InChI is InChI=1S/C23H19F3N4O5/c1-33-18-9-6-15(13-20(18)34-23(24,25)26)17-3-2-12-30(29-17)22(32)14-4-7-16(8-5-14)28-21(31)19-10-11-27-35-19/h4-11,13H,2-3,12H2,1H3,(H,28,31). The van der Waals surface area contributed by atoms with Crippen molar-refractivity contribution in [2.24, 2.45) is 5.10 Å². The molecule has 35 heavy (non-hydrogen) atoms. The summed E-state index contributed by atoms with van der Waals surface area (Å²) < 4.78 is 52.1. The molecule has 0 bridgehead atoms. The van der Waals surface area contributed by atoms with Crippen molar-refractivity contribution in [2.45, 2.75) is 19.2 Å².